The number of morpholine rings is 1. The van der Waals surface area contributed by atoms with Crippen molar-refractivity contribution in [2.24, 2.45) is 0 Å². The zero-order valence-corrected chi connectivity index (χ0v) is 13.1. The Hall–Kier alpha value is -1.59. The Labute approximate surface area is 126 Å². The van der Waals surface area contributed by atoms with E-state index in [0.717, 1.165) is 24.3 Å². The number of hydrogen-bond acceptors (Lipinski definition) is 4. The molecule has 1 amide bonds. The second-order valence-electron chi connectivity index (χ2n) is 5.71. The Kier molecular flexibility index (Phi) is 5.59. The first-order valence-electron chi connectivity index (χ1n) is 7.39. The zero-order valence-electron chi connectivity index (χ0n) is 13.1. The number of hydrogen-bond donors (Lipinski definition) is 1. The van der Waals surface area contributed by atoms with E-state index < -0.39 is 0 Å². The molecule has 116 valence electrons. The molecule has 1 unspecified atom stereocenters. The lowest BCUT2D eigenvalue weighted by Gasteiger charge is -2.25. The monoisotopic (exact) mass is 291 g/mol. The summed E-state index contributed by atoms with van der Waals surface area (Å²) in [5.41, 5.74) is 2.30. The van der Waals surface area contributed by atoms with Gasteiger partial charge in [-0.05, 0) is 17.7 Å². The molecule has 0 aromatic heterocycles. The highest BCUT2D eigenvalue weighted by Gasteiger charge is 2.19. The quantitative estimate of drug-likeness (QED) is 0.882. The maximum Gasteiger partial charge on any atom is 0.225 e. The summed E-state index contributed by atoms with van der Waals surface area (Å²) in [7, 11) is 5.88. The maximum atomic E-state index is 12.2. The van der Waals surface area contributed by atoms with Crippen LogP contribution in [0.1, 0.15) is 12.0 Å². The topological polar surface area (TPSA) is 44.8 Å². The van der Waals surface area contributed by atoms with Crippen molar-refractivity contribution in [1.29, 1.82) is 0 Å². The molecule has 1 saturated heterocycles. The Morgan fingerprint density at radius 3 is 2.57 bits per heavy atom. The van der Waals surface area contributed by atoms with E-state index in [-0.39, 0.29) is 12.0 Å². The predicted molar refractivity (Wildman–Crippen MR) is 84.5 cm³/mol. The highest BCUT2D eigenvalue weighted by atomic mass is 16.5. The number of ether oxygens (including phenoxy) is 1. The molecule has 5 nitrogen and oxygen atoms in total. The molecular formula is C16H25N3O2. The molecule has 1 aliphatic heterocycles. The van der Waals surface area contributed by atoms with Gasteiger partial charge in [-0.3, -0.25) is 4.79 Å². The molecule has 1 N–H and O–H groups in total. The van der Waals surface area contributed by atoms with Gasteiger partial charge in [0.2, 0.25) is 5.91 Å². The largest absolute Gasteiger partial charge is 0.378 e. The van der Waals surface area contributed by atoms with E-state index in [1.807, 2.05) is 21.1 Å². The molecule has 1 aliphatic rings. The molecule has 2 rings (SSSR count). The third-order valence-electron chi connectivity index (χ3n) is 3.70. The summed E-state index contributed by atoms with van der Waals surface area (Å²) in [6, 6.07) is 8.28. The van der Waals surface area contributed by atoms with Crippen molar-refractivity contribution >= 4 is 11.6 Å². The second-order valence-corrected chi connectivity index (χ2v) is 5.71. The standard InChI is InChI=1S/C16H25N3O2/c1-18(2)14-6-4-13(5-7-14)12-19(3)16(20)10-15-11-17-8-9-21-15/h4-7,15,17H,8-12H2,1-3H3. The summed E-state index contributed by atoms with van der Waals surface area (Å²) in [5, 5.41) is 3.25. The van der Waals surface area contributed by atoms with Crippen LogP contribution in [0.4, 0.5) is 5.69 Å². The van der Waals surface area contributed by atoms with Crippen LogP contribution in [0, 0.1) is 0 Å². The lowest BCUT2D eigenvalue weighted by atomic mass is 10.1. The van der Waals surface area contributed by atoms with Crippen molar-refractivity contribution in [3.05, 3.63) is 29.8 Å². The molecule has 0 bridgehead atoms. The average molecular weight is 291 g/mol. The van der Waals surface area contributed by atoms with Gasteiger partial charge in [-0.2, -0.15) is 0 Å². The number of carbonyl (C=O) groups is 1. The highest BCUT2D eigenvalue weighted by molar-refractivity contribution is 5.76. The van der Waals surface area contributed by atoms with Crippen LogP contribution in [-0.2, 0) is 16.1 Å². The van der Waals surface area contributed by atoms with E-state index in [1.165, 1.54) is 0 Å². The average Bonchev–Trinajstić information content (AvgIpc) is 2.48. The summed E-state index contributed by atoms with van der Waals surface area (Å²) in [6.07, 6.45) is 0.448. The van der Waals surface area contributed by atoms with Crippen molar-refractivity contribution < 1.29 is 9.53 Å². The molecule has 5 heteroatoms. The van der Waals surface area contributed by atoms with Crippen LogP contribution in [0.3, 0.4) is 0 Å². The van der Waals surface area contributed by atoms with Gasteiger partial charge in [-0.15, -0.1) is 0 Å². The van der Waals surface area contributed by atoms with E-state index in [9.17, 15) is 4.79 Å². The third-order valence-corrected chi connectivity index (χ3v) is 3.70. The molecule has 0 saturated carbocycles. The number of rotatable bonds is 5. The predicted octanol–water partition coefficient (Wildman–Crippen LogP) is 1.09. The van der Waals surface area contributed by atoms with Gasteiger partial charge in [-0.1, -0.05) is 12.1 Å². The van der Waals surface area contributed by atoms with Crippen LogP contribution in [0.2, 0.25) is 0 Å². The van der Waals surface area contributed by atoms with Crippen LogP contribution in [0.5, 0.6) is 0 Å². The minimum absolute atomic E-state index is 0.00446. The Morgan fingerprint density at radius 1 is 1.29 bits per heavy atom. The molecule has 1 heterocycles. The van der Waals surface area contributed by atoms with E-state index in [2.05, 4.69) is 34.5 Å². The Balaban J connectivity index is 1.84. The van der Waals surface area contributed by atoms with Gasteiger partial charge >= 0.3 is 0 Å². The van der Waals surface area contributed by atoms with Crippen molar-refractivity contribution in [3.63, 3.8) is 0 Å². The number of amides is 1. The number of anilines is 1. The molecule has 1 fully saturated rings. The number of carbonyl (C=O) groups excluding carboxylic acids is 1. The molecule has 0 aliphatic carbocycles. The molecule has 1 aromatic rings. The minimum Gasteiger partial charge on any atom is -0.378 e. The van der Waals surface area contributed by atoms with Crippen molar-refractivity contribution in [3.8, 4) is 0 Å². The first-order valence-corrected chi connectivity index (χ1v) is 7.39. The van der Waals surface area contributed by atoms with E-state index >= 15 is 0 Å². The van der Waals surface area contributed by atoms with E-state index in [1.54, 1.807) is 4.90 Å². The van der Waals surface area contributed by atoms with Gasteiger partial charge in [0.25, 0.3) is 0 Å². The van der Waals surface area contributed by atoms with Crippen LogP contribution >= 0.6 is 0 Å². The van der Waals surface area contributed by atoms with Gasteiger partial charge < -0.3 is 19.9 Å². The maximum absolute atomic E-state index is 12.2. The normalized spacial score (nSPS) is 18.3. The fourth-order valence-corrected chi connectivity index (χ4v) is 2.36. The summed E-state index contributed by atoms with van der Waals surface area (Å²) >= 11 is 0. The van der Waals surface area contributed by atoms with Crippen LogP contribution in [-0.4, -0.2) is 57.8 Å². The molecule has 21 heavy (non-hydrogen) atoms. The summed E-state index contributed by atoms with van der Waals surface area (Å²) in [5.74, 6) is 0.125. The fourth-order valence-electron chi connectivity index (χ4n) is 2.36. The molecular weight excluding hydrogens is 266 g/mol. The zero-order chi connectivity index (χ0) is 15.2. The lowest BCUT2D eigenvalue weighted by Crippen LogP contribution is -2.41. The number of nitrogens with one attached hydrogen (secondary N) is 1. The van der Waals surface area contributed by atoms with Crippen molar-refractivity contribution in [2.75, 3.05) is 45.7 Å². The SMILES string of the molecule is CN(Cc1ccc(N(C)C)cc1)C(=O)CC1CNCCO1. The van der Waals surface area contributed by atoms with Gasteiger partial charge in [0.15, 0.2) is 0 Å². The van der Waals surface area contributed by atoms with Crippen LogP contribution in [0.25, 0.3) is 0 Å². The lowest BCUT2D eigenvalue weighted by molar-refractivity contribution is -0.133. The molecule has 0 radical (unpaired) electrons. The van der Waals surface area contributed by atoms with Crippen molar-refractivity contribution in [1.82, 2.24) is 10.2 Å². The first kappa shape index (κ1) is 15.8. The molecule has 1 atom stereocenters. The summed E-state index contributed by atoms with van der Waals surface area (Å²) in [6.45, 7) is 2.95. The molecule has 0 spiro atoms. The highest BCUT2D eigenvalue weighted by Crippen LogP contribution is 2.14. The second kappa shape index (κ2) is 7.43. The summed E-state index contributed by atoms with van der Waals surface area (Å²) < 4.78 is 5.58. The Morgan fingerprint density at radius 2 is 2.00 bits per heavy atom. The first-order chi connectivity index (χ1) is 10.1. The van der Waals surface area contributed by atoms with Gasteiger partial charge in [-0.25, -0.2) is 0 Å². The Bertz CT molecular complexity index is 453. The van der Waals surface area contributed by atoms with Gasteiger partial charge in [0, 0.05) is 46.5 Å². The van der Waals surface area contributed by atoms with Crippen LogP contribution in [0.15, 0.2) is 24.3 Å². The van der Waals surface area contributed by atoms with Gasteiger partial charge in [0.1, 0.15) is 0 Å². The number of benzene rings is 1. The van der Waals surface area contributed by atoms with E-state index in [4.69, 9.17) is 4.74 Å². The number of nitrogens with zero attached hydrogens (tertiary/aromatic N) is 2. The third kappa shape index (κ3) is 4.72. The van der Waals surface area contributed by atoms with Gasteiger partial charge in [0.05, 0.1) is 19.1 Å². The van der Waals surface area contributed by atoms with Crippen LogP contribution < -0.4 is 10.2 Å². The fraction of sp³-hybridized carbons (Fsp3) is 0.562. The van der Waals surface area contributed by atoms with E-state index in [0.29, 0.717) is 19.6 Å². The minimum atomic E-state index is 0.00446. The molecule has 1 aromatic carbocycles. The van der Waals surface area contributed by atoms with Crippen molar-refractivity contribution in [2.45, 2.75) is 19.1 Å². The smallest absolute Gasteiger partial charge is 0.225 e. The summed E-state index contributed by atoms with van der Waals surface area (Å²) in [4.78, 5) is 16.0.